The summed E-state index contributed by atoms with van der Waals surface area (Å²) in [7, 11) is 0. The van der Waals surface area contributed by atoms with Crippen LogP contribution < -0.4 is 5.32 Å². The van der Waals surface area contributed by atoms with Gasteiger partial charge in [0.05, 0.1) is 5.92 Å². The molecule has 11 heavy (non-hydrogen) atoms. The number of carboxylic acids is 1. The van der Waals surface area contributed by atoms with Gasteiger partial charge in [0.1, 0.15) is 0 Å². The molecule has 0 spiro atoms. The third kappa shape index (κ3) is 1.93. The molecule has 1 aliphatic rings. The van der Waals surface area contributed by atoms with Gasteiger partial charge >= 0.3 is 5.97 Å². The highest BCUT2D eigenvalue weighted by atomic mass is 16.4. The standard InChI is InChI=1S/C8H15NO2/c1-2-7(8(10)11)6-3-4-9-5-6/h6-7,9H,2-5H2,1H3,(H,10,11). The fourth-order valence-corrected chi connectivity index (χ4v) is 1.73. The Bertz CT molecular complexity index is 141. The van der Waals surface area contributed by atoms with E-state index in [9.17, 15) is 4.79 Å². The molecule has 1 aliphatic heterocycles. The molecule has 0 aliphatic carbocycles. The number of hydrogen-bond donors (Lipinski definition) is 2. The normalized spacial score (nSPS) is 26.8. The van der Waals surface area contributed by atoms with Gasteiger partial charge in [-0.3, -0.25) is 4.79 Å². The van der Waals surface area contributed by atoms with Gasteiger partial charge in [-0.1, -0.05) is 6.92 Å². The Morgan fingerprint density at radius 3 is 2.91 bits per heavy atom. The van der Waals surface area contributed by atoms with Gasteiger partial charge in [0.2, 0.25) is 0 Å². The van der Waals surface area contributed by atoms with E-state index in [1.807, 2.05) is 6.92 Å². The molecule has 1 fully saturated rings. The lowest BCUT2D eigenvalue weighted by Gasteiger charge is -2.15. The van der Waals surface area contributed by atoms with Gasteiger partial charge in [0.15, 0.2) is 0 Å². The Morgan fingerprint density at radius 2 is 2.55 bits per heavy atom. The number of nitrogens with one attached hydrogen (secondary N) is 1. The van der Waals surface area contributed by atoms with Gasteiger partial charge in [0.25, 0.3) is 0 Å². The molecule has 0 saturated carbocycles. The molecule has 0 amide bonds. The van der Waals surface area contributed by atoms with Crippen LogP contribution in [0.25, 0.3) is 0 Å². The lowest BCUT2D eigenvalue weighted by Crippen LogP contribution is -2.24. The van der Waals surface area contributed by atoms with Crippen LogP contribution in [0, 0.1) is 11.8 Å². The minimum atomic E-state index is -0.638. The summed E-state index contributed by atoms with van der Waals surface area (Å²) in [5, 5.41) is 12.0. The average molecular weight is 157 g/mol. The maximum atomic E-state index is 10.7. The first-order valence-corrected chi connectivity index (χ1v) is 4.19. The highest BCUT2D eigenvalue weighted by Crippen LogP contribution is 2.21. The summed E-state index contributed by atoms with van der Waals surface area (Å²) >= 11 is 0. The van der Waals surface area contributed by atoms with E-state index in [0.29, 0.717) is 5.92 Å². The minimum Gasteiger partial charge on any atom is -0.481 e. The lowest BCUT2D eigenvalue weighted by atomic mass is 9.89. The smallest absolute Gasteiger partial charge is 0.306 e. The molecule has 2 unspecified atom stereocenters. The Kier molecular flexibility index (Phi) is 2.88. The second kappa shape index (κ2) is 3.72. The fourth-order valence-electron chi connectivity index (χ4n) is 1.73. The molecule has 0 radical (unpaired) electrons. The number of carbonyl (C=O) groups is 1. The summed E-state index contributed by atoms with van der Waals surface area (Å²) in [5.74, 6) is -0.413. The van der Waals surface area contributed by atoms with Crippen molar-refractivity contribution in [2.24, 2.45) is 11.8 Å². The second-order valence-electron chi connectivity index (χ2n) is 3.11. The Balaban J connectivity index is 2.46. The van der Waals surface area contributed by atoms with Crippen molar-refractivity contribution in [2.75, 3.05) is 13.1 Å². The summed E-state index contributed by atoms with van der Waals surface area (Å²) in [4.78, 5) is 10.7. The SMILES string of the molecule is CCC(C(=O)O)C1CCNC1. The van der Waals surface area contributed by atoms with E-state index < -0.39 is 5.97 Å². The van der Waals surface area contributed by atoms with Crippen LogP contribution in [0.3, 0.4) is 0 Å². The lowest BCUT2D eigenvalue weighted by molar-refractivity contribution is -0.143. The molecule has 3 heteroatoms. The highest BCUT2D eigenvalue weighted by molar-refractivity contribution is 5.70. The number of aliphatic carboxylic acids is 1. The van der Waals surface area contributed by atoms with Crippen LogP contribution in [0.1, 0.15) is 19.8 Å². The number of rotatable bonds is 3. The van der Waals surface area contributed by atoms with Crippen molar-refractivity contribution < 1.29 is 9.90 Å². The molecule has 0 aromatic heterocycles. The van der Waals surface area contributed by atoms with Crippen molar-refractivity contribution >= 4 is 5.97 Å². The van der Waals surface area contributed by atoms with Crippen LogP contribution in [-0.4, -0.2) is 24.2 Å². The van der Waals surface area contributed by atoms with Gasteiger partial charge in [0, 0.05) is 0 Å². The van der Waals surface area contributed by atoms with Crippen molar-refractivity contribution in [3.63, 3.8) is 0 Å². The van der Waals surface area contributed by atoms with Gasteiger partial charge < -0.3 is 10.4 Å². The molecular formula is C8H15NO2. The van der Waals surface area contributed by atoms with Crippen molar-refractivity contribution in [3.8, 4) is 0 Å². The molecule has 1 saturated heterocycles. The van der Waals surface area contributed by atoms with Crippen LogP contribution in [0.4, 0.5) is 0 Å². The van der Waals surface area contributed by atoms with Crippen LogP contribution in [-0.2, 0) is 4.79 Å². The Labute approximate surface area is 66.8 Å². The molecule has 0 bridgehead atoms. The van der Waals surface area contributed by atoms with Crippen LogP contribution in [0.15, 0.2) is 0 Å². The first-order valence-electron chi connectivity index (χ1n) is 4.19. The highest BCUT2D eigenvalue weighted by Gasteiger charge is 2.28. The Morgan fingerprint density at radius 1 is 1.82 bits per heavy atom. The maximum absolute atomic E-state index is 10.7. The third-order valence-electron chi connectivity index (χ3n) is 2.42. The molecule has 2 N–H and O–H groups in total. The van der Waals surface area contributed by atoms with E-state index in [4.69, 9.17) is 5.11 Å². The maximum Gasteiger partial charge on any atom is 0.306 e. The predicted octanol–water partition coefficient (Wildman–Crippen LogP) is 0.707. The molecular weight excluding hydrogens is 142 g/mol. The second-order valence-corrected chi connectivity index (χ2v) is 3.11. The summed E-state index contributed by atoms with van der Waals surface area (Å²) in [5.41, 5.74) is 0. The minimum absolute atomic E-state index is 0.134. The van der Waals surface area contributed by atoms with E-state index in [-0.39, 0.29) is 5.92 Å². The topological polar surface area (TPSA) is 49.3 Å². The zero-order chi connectivity index (χ0) is 8.27. The van der Waals surface area contributed by atoms with E-state index in [1.165, 1.54) is 0 Å². The van der Waals surface area contributed by atoms with Gasteiger partial charge in [-0.05, 0) is 31.8 Å². The summed E-state index contributed by atoms with van der Waals surface area (Å²) in [6.07, 6.45) is 1.77. The van der Waals surface area contributed by atoms with E-state index in [0.717, 1.165) is 25.9 Å². The van der Waals surface area contributed by atoms with Crippen molar-refractivity contribution in [2.45, 2.75) is 19.8 Å². The fraction of sp³-hybridized carbons (Fsp3) is 0.875. The zero-order valence-electron chi connectivity index (χ0n) is 6.84. The van der Waals surface area contributed by atoms with Crippen molar-refractivity contribution in [1.82, 2.24) is 5.32 Å². The molecule has 0 aromatic rings. The van der Waals surface area contributed by atoms with E-state index in [2.05, 4.69) is 5.32 Å². The molecule has 3 nitrogen and oxygen atoms in total. The quantitative estimate of drug-likeness (QED) is 0.634. The zero-order valence-corrected chi connectivity index (χ0v) is 6.84. The first-order chi connectivity index (χ1) is 5.25. The van der Waals surface area contributed by atoms with E-state index in [1.54, 1.807) is 0 Å². The largest absolute Gasteiger partial charge is 0.481 e. The monoisotopic (exact) mass is 157 g/mol. The van der Waals surface area contributed by atoms with Gasteiger partial charge in [-0.2, -0.15) is 0 Å². The summed E-state index contributed by atoms with van der Waals surface area (Å²) in [6.45, 7) is 3.80. The summed E-state index contributed by atoms with van der Waals surface area (Å²) < 4.78 is 0. The van der Waals surface area contributed by atoms with Gasteiger partial charge in [-0.15, -0.1) is 0 Å². The average Bonchev–Trinajstić information content (AvgIpc) is 2.40. The molecule has 0 aromatic carbocycles. The number of hydrogen-bond acceptors (Lipinski definition) is 2. The molecule has 2 atom stereocenters. The predicted molar refractivity (Wildman–Crippen MR) is 42.4 cm³/mol. The van der Waals surface area contributed by atoms with Crippen molar-refractivity contribution in [1.29, 1.82) is 0 Å². The third-order valence-corrected chi connectivity index (χ3v) is 2.42. The number of carboxylic acid groups (broad SMARTS) is 1. The van der Waals surface area contributed by atoms with Crippen LogP contribution in [0.2, 0.25) is 0 Å². The van der Waals surface area contributed by atoms with Crippen molar-refractivity contribution in [3.05, 3.63) is 0 Å². The molecule has 64 valence electrons. The van der Waals surface area contributed by atoms with Crippen LogP contribution in [0.5, 0.6) is 0 Å². The van der Waals surface area contributed by atoms with Gasteiger partial charge in [-0.25, -0.2) is 0 Å². The Hall–Kier alpha value is -0.570. The molecule has 1 heterocycles. The first kappa shape index (κ1) is 8.53. The van der Waals surface area contributed by atoms with Crippen LogP contribution >= 0.6 is 0 Å². The molecule has 1 rings (SSSR count). The van der Waals surface area contributed by atoms with E-state index >= 15 is 0 Å². The summed E-state index contributed by atoms with van der Waals surface area (Å²) in [6, 6.07) is 0.